The lowest BCUT2D eigenvalue weighted by Crippen LogP contribution is -2.28. The van der Waals surface area contributed by atoms with Crippen molar-refractivity contribution in [3.05, 3.63) is 84.1 Å². The summed E-state index contributed by atoms with van der Waals surface area (Å²) in [4.78, 5) is 13.1. The molecule has 34 heavy (non-hydrogen) atoms. The summed E-state index contributed by atoms with van der Waals surface area (Å²) in [5.74, 6) is 0.342. The first kappa shape index (κ1) is 23.3. The predicted molar refractivity (Wildman–Crippen MR) is 122 cm³/mol. The minimum atomic E-state index is -4.55. The van der Waals surface area contributed by atoms with Gasteiger partial charge in [0.05, 0.1) is 29.5 Å². The highest BCUT2D eigenvalue weighted by Crippen LogP contribution is 2.32. The van der Waals surface area contributed by atoms with Crippen molar-refractivity contribution >= 4 is 29.6 Å². The number of benzene rings is 2. The summed E-state index contributed by atoms with van der Waals surface area (Å²) in [6, 6.07) is 16.9. The fourth-order valence-electron chi connectivity index (χ4n) is 3.00. The van der Waals surface area contributed by atoms with Gasteiger partial charge in [0.2, 0.25) is 0 Å². The molecule has 0 aliphatic rings. The number of alkyl halides is 3. The maximum absolute atomic E-state index is 13.2. The second-order valence-electron chi connectivity index (χ2n) is 7.04. The summed E-state index contributed by atoms with van der Waals surface area (Å²) in [5.41, 5.74) is -0.181. The monoisotopic (exact) mass is 485 g/mol. The van der Waals surface area contributed by atoms with Crippen molar-refractivity contribution in [2.45, 2.75) is 11.3 Å². The highest BCUT2D eigenvalue weighted by atomic mass is 32.2. The second-order valence-corrected chi connectivity index (χ2v) is 7.98. The van der Waals surface area contributed by atoms with Crippen LogP contribution >= 0.6 is 11.8 Å². The molecule has 2 aromatic carbocycles. The molecule has 4 rings (SSSR count). The SMILES string of the molecule is Cn1c(SCC(=O)N(/N=C/c2ccccc2)c2cccc(C(F)(F)F)c2)nnc1-c1ccco1. The largest absolute Gasteiger partial charge is 0.461 e. The molecule has 2 heterocycles. The van der Waals surface area contributed by atoms with Gasteiger partial charge in [-0.1, -0.05) is 48.2 Å². The number of aromatic nitrogens is 3. The molecule has 0 fully saturated rings. The highest BCUT2D eigenvalue weighted by molar-refractivity contribution is 7.99. The summed E-state index contributed by atoms with van der Waals surface area (Å²) >= 11 is 1.09. The highest BCUT2D eigenvalue weighted by Gasteiger charge is 2.31. The van der Waals surface area contributed by atoms with Gasteiger partial charge < -0.3 is 8.98 Å². The van der Waals surface area contributed by atoms with Gasteiger partial charge in [0.25, 0.3) is 5.91 Å². The Hall–Kier alpha value is -3.86. The maximum Gasteiger partial charge on any atom is 0.416 e. The fraction of sp³-hybridized carbons (Fsp3) is 0.130. The number of hydrazone groups is 1. The standard InChI is InChI=1S/C23H18F3N5O2S/c1-30-21(19-11-6-12-33-19)28-29-22(30)34-15-20(32)31(27-14-16-7-3-2-4-8-16)18-10-5-9-17(13-18)23(24,25)26/h2-14H,15H2,1H3/b27-14+. The number of anilines is 1. The topological polar surface area (TPSA) is 76.5 Å². The summed E-state index contributed by atoms with van der Waals surface area (Å²) in [7, 11) is 1.72. The maximum atomic E-state index is 13.2. The fourth-order valence-corrected chi connectivity index (χ4v) is 3.75. The van der Waals surface area contributed by atoms with Gasteiger partial charge in [-0.2, -0.15) is 18.3 Å². The Balaban J connectivity index is 1.58. The molecule has 1 amide bonds. The van der Waals surface area contributed by atoms with Crippen LogP contribution in [0.4, 0.5) is 18.9 Å². The Bertz CT molecular complexity index is 1290. The van der Waals surface area contributed by atoms with Crippen LogP contribution in [0.2, 0.25) is 0 Å². The average molecular weight is 485 g/mol. The van der Waals surface area contributed by atoms with Crippen molar-refractivity contribution in [2.24, 2.45) is 12.1 Å². The van der Waals surface area contributed by atoms with Crippen molar-refractivity contribution in [3.8, 4) is 11.6 Å². The molecule has 7 nitrogen and oxygen atoms in total. The molecule has 0 bridgehead atoms. The molecule has 0 spiro atoms. The normalized spacial score (nSPS) is 11.8. The van der Waals surface area contributed by atoms with Crippen molar-refractivity contribution in [2.75, 3.05) is 10.8 Å². The van der Waals surface area contributed by atoms with Crippen molar-refractivity contribution < 1.29 is 22.4 Å². The van der Waals surface area contributed by atoms with Gasteiger partial charge in [-0.3, -0.25) is 4.79 Å². The molecule has 0 saturated heterocycles. The smallest absolute Gasteiger partial charge is 0.416 e. The number of thioether (sulfide) groups is 1. The van der Waals surface area contributed by atoms with Crippen LogP contribution in [-0.4, -0.2) is 32.6 Å². The van der Waals surface area contributed by atoms with Crippen molar-refractivity contribution in [1.29, 1.82) is 0 Å². The number of nitrogens with zero attached hydrogens (tertiary/aromatic N) is 5. The number of halogens is 3. The van der Waals surface area contributed by atoms with E-state index in [2.05, 4.69) is 15.3 Å². The Morgan fingerprint density at radius 1 is 1.12 bits per heavy atom. The molecular formula is C23H18F3N5O2S. The Morgan fingerprint density at radius 3 is 2.62 bits per heavy atom. The first-order chi connectivity index (χ1) is 16.3. The molecule has 2 aromatic heterocycles. The van der Waals surface area contributed by atoms with E-state index >= 15 is 0 Å². The Morgan fingerprint density at radius 2 is 1.91 bits per heavy atom. The minimum Gasteiger partial charge on any atom is -0.461 e. The van der Waals surface area contributed by atoms with Crippen LogP contribution in [0.25, 0.3) is 11.6 Å². The zero-order chi connectivity index (χ0) is 24.1. The van der Waals surface area contributed by atoms with Crippen molar-refractivity contribution in [3.63, 3.8) is 0 Å². The molecule has 0 saturated carbocycles. The molecular weight excluding hydrogens is 467 g/mol. The molecule has 4 aromatic rings. The summed E-state index contributed by atoms with van der Waals surface area (Å²) in [6.07, 6.45) is -1.62. The number of amides is 1. The first-order valence-electron chi connectivity index (χ1n) is 9.98. The van der Waals surface area contributed by atoms with Gasteiger partial charge in [-0.25, -0.2) is 5.01 Å². The van der Waals surface area contributed by atoms with E-state index in [1.807, 2.05) is 6.07 Å². The quantitative estimate of drug-likeness (QED) is 0.203. The van der Waals surface area contributed by atoms with Crippen LogP contribution in [-0.2, 0) is 18.0 Å². The average Bonchev–Trinajstić information content (AvgIpc) is 3.48. The van der Waals surface area contributed by atoms with Crippen molar-refractivity contribution in [1.82, 2.24) is 14.8 Å². The predicted octanol–water partition coefficient (Wildman–Crippen LogP) is 5.25. The molecule has 11 heteroatoms. The number of carbonyl (C=O) groups excluding carboxylic acids is 1. The molecule has 0 aliphatic carbocycles. The number of carbonyl (C=O) groups is 1. The lowest BCUT2D eigenvalue weighted by Gasteiger charge is -2.18. The second kappa shape index (κ2) is 9.96. The Kier molecular flexibility index (Phi) is 6.82. The van der Waals surface area contributed by atoms with E-state index in [1.54, 1.807) is 48.0 Å². The van der Waals surface area contributed by atoms with E-state index in [4.69, 9.17) is 4.42 Å². The lowest BCUT2D eigenvalue weighted by molar-refractivity contribution is -0.137. The number of furan rings is 1. The van der Waals surface area contributed by atoms with Gasteiger partial charge in [-0.15, -0.1) is 10.2 Å². The Labute approximate surface area is 196 Å². The lowest BCUT2D eigenvalue weighted by atomic mass is 10.2. The molecule has 0 unspecified atom stereocenters. The number of rotatable bonds is 7. The van der Waals surface area contributed by atoms with Crippen LogP contribution in [0.15, 0.2) is 87.7 Å². The molecule has 0 N–H and O–H groups in total. The van der Waals surface area contributed by atoms with Crippen LogP contribution in [0.3, 0.4) is 0 Å². The minimum absolute atomic E-state index is 0.00171. The first-order valence-corrected chi connectivity index (χ1v) is 11.0. The van der Waals surface area contributed by atoms with Crippen LogP contribution < -0.4 is 5.01 Å². The molecule has 0 aliphatic heterocycles. The summed E-state index contributed by atoms with van der Waals surface area (Å²) in [5, 5.41) is 13.7. The van der Waals surface area contributed by atoms with E-state index < -0.39 is 17.6 Å². The molecule has 0 atom stereocenters. The van der Waals surface area contributed by atoms with E-state index in [0.717, 1.165) is 28.9 Å². The molecule has 174 valence electrons. The van der Waals surface area contributed by atoms with E-state index in [0.29, 0.717) is 22.3 Å². The van der Waals surface area contributed by atoms with Crippen LogP contribution in [0.5, 0.6) is 0 Å². The van der Waals surface area contributed by atoms with Gasteiger partial charge in [0.1, 0.15) is 0 Å². The number of hydrogen-bond acceptors (Lipinski definition) is 6. The van der Waals surface area contributed by atoms with Gasteiger partial charge in [0, 0.05) is 7.05 Å². The third-order valence-electron chi connectivity index (χ3n) is 4.68. The van der Waals surface area contributed by atoms with Crippen LogP contribution in [0.1, 0.15) is 11.1 Å². The van der Waals surface area contributed by atoms with Gasteiger partial charge in [0.15, 0.2) is 16.7 Å². The van der Waals surface area contributed by atoms with Crippen LogP contribution in [0, 0.1) is 0 Å². The third-order valence-corrected chi connectivity index (χ3v) is 5.68. The third kappa shape index (κ3) is 5.37. The number of hydrogen-bond donors (Lipinski definition) is 0. The van der Waals surface area contributed by atoms with Gasteiger partial charge in [-0.05, 0) is 35.9 Å². The summed E-state index contributed by atoms with van der Waals surface area (Å²) < 4.78 is 46.7. The van der Waals surface area contributed by atoms with Gasteiger partial charge >= 0.3 is 6.18 Å². The zero-order valence-electron chi connectivity index (χ0n) is 17.8. The van der Waals surface area contributed by atoms with E-state index in [1.165, 1.54) is 24.6 Å². The van der Waals surface area contributed by atoms with E-state index in [9.17, 15) is 18.0 Å². The van der Waals surface area contributed by atoms with E-state index in [-0.39, 0.29) is 11.4 Å². The summed E-state index contributed by atoms with van der Waals surface area (Å²) in [6.45, 7) is 0. The zero-order valence-corrected chi connectivity index (χ0v) is 18.6. The molecule has 0 radical (unpaired) electrons.